The summed E-state index contributed by atoms with van der Waals surface area (Å²) in [4.78, 5) is 104. The molecule has 0 bridgehead atoms. The summed E-state index contributed by atoms with van der Waals surface area (Å²) < 4.78 is 23.2. The van der Waals surface area contributed by atoms with Crippen molar-refractivity contribution in [3.8, 4) is 23.0 Å². The normalized spacial score (nSPS) is 20.4. The SMILES string of the molecule is COc1ccc([C@@]23Oc4cc(O)cc(OC)c4[C@]2(O)[C@H](O)[C@H](C(=O)NCCNC(=O)OCc2ccc(NC(=O)[C@H](CCCNC(N)=O)NC(=O)[C@@H](NC(=O)CCCCCN4C(=O)C=CC4=O)C(C)C)cc2)[C@H]3c2ccccc2)cc1. The van der Waals surface area contributed by atoms with Gasteiger partial charge in [0.1, 0.15) is 47.8 Å². The first-order valence-electron chi connectivity index (χ1n) is 26.3. The Morgan fingerprint density at radius 1 is 0.787 bits per heavy atom. The molecule has 0 aromatic heterocycles. The van der Waals surface area contributed by atoms with E-state index in [2.05, 4.69) is 31.9 Å². The van der Waals surface area contributed by atoms with E-state index in [4.69, 9.17) is 24.7 Å². The average Bonchev–Trinajstić information content (AvgIpc) is 2.77. The molecular weight excluding hydrogens is 1040 g/mol. The van der Waals surface area contributed by atoms with E-state index in [1.807, 2.05) is 0 Å². The van der Waals surface area contributed by atoms with Gasteiger partial charge < -0.3 is 71.9 Å². The Morgan fingerprint density at radius 2 is 1.48 bits per heavy atom. The number of phenolic OH excluding ortho intramolecular Hbond substituents is 1. The number of aliphatic hydroxyl groups excluding tert-OH is 1. The maximum atomic E-state index is 14.4. The molecule has 7 atom stereocenters. The molecule has 426 valence electrons. The first-order chi connectivity index (χ1) is 38.3. The summed E-state index contributed by atoms with van der Waals surface area (Å²) >= 11 is 0. The average molecular weight is 1110 g/mol. The highest BCUT2D eigenvalue weighted by Crippen LogP contribution is 2.70. The monoisotopic (exact) mass is 1100 g/mol. The van der Waals surface area contributed by atoms with Crippen LogP contribution in [0.2, 0.25) is 0 Å². The molecule has 0 spiro atoms. The summed E-state index contributed by atoms with van der Waals surface area (Å²) in [6, 6.07) is 21.7. The molecule has 9 amide bonds. The van der Waals surface area contributed by atoms with E-state index >= 15 is 0 Å². The molecule has 2 heterocycles. The number of urea groups is 1. The zero-order valence-corrected chi connectivity index (χ0v) is 44.8. The number of aliphatic hydroxyl groups is 2. The second kappa shape index (κ2) is 26.3. The number of hydrogen-bond donors (Lipinski definition) is 10. The van der Waals surface area contributed by atoms with Crippen LogP contribution in [0.5, 0.6) is 23.0 Å². The van der Waals surface area contributed by atoms with E-state index in [1.54, 1.807) is 92.7 Å². The number of ether oxygens (including phenoxy) is 4. The number of rotatable bonds is 26. The number of carbonyl (C=O) groups excluding carboxylic acids is 8. The number of benzene rings is 4. The summed E-state index contributed by atoms with van der Waals surface area (Å²) in [5.74, 6) is -5.34. The third-order valence-corrected chi connectivity index (χ3v) is 14.4. The van der Waals surface area contributed by atoms with Crippen LogP contribution in [0.25, 0.3) is 0 Å². The molecule has 0 unspecified atom stereocenters. The molecule has 0 radical (unpaired) electrons. The summed E-state index contributed by atoms with van der Waals surface area (Å²) in [6.07, 6.45) is 1.77. The van der Waals surface area contributed by atoms with Gasteiger partial charge in [0.05, 0.1) is 25.7 Å². The van der Waals surface area contributed by atoms with Crippen LogP contribution in [0.3, 0.4) is 0 Å². The number of fused-ring (bicyclic) bond motifs is 3. The minimum absolute atomic E-state index is 0.0296. The molecule has 0 saturated heterocycles. The highest BCUT2D eigenvalue weighted by atomic mass is 16.6. The van der Waals surface area contributed by atoms with Gasteiger partial charge in [-0.25, -0.2) is 9.59 Å². The second-order valence-corrected chi connectivity index (χ2v) is 19.9. The van der Waals surface area contributed by atoms with E-state index in [0.29, 0.717) is 47.4 Å². The first-order valence-corrected chi connectivity index (χ1v) is 26.3. The number of nitrogens with zero attached hydrogens (tertiary/aromatic N) is 1. The lowest BCUT2D eigenvalue weighted by Gasteiger charge is -2.40. The molecule has 23 nitrogen and oxygen atoms in total. The number of aromatic hydroxyl groups is 1. The smallest absolute Gasteiger partial charge is 0.407 e. The highest BCUT2D eigenvalue weighted by Gasteiger charge is 2.78. The quantitative estimate of drug-likeness (QED) is 0.0319. The van der Waals surface area contributed by atoms with Crippen LogP contribution >= 0.6 is 0 Å². The van der Waals surface area contributed by atoms with Crippen LogP contribution in [0.4, 0.5) is 15.3 Å². The minimum atomic E-state index is -2.32. The van der Waals surface area contributed by atoms with E-state index < -0.39 is 71.1 Å². The van der Waals surface area contributed by atoms with Gasteiger partial charge in [-0.2, -0.15) is 0 Å². The first kappa shape index (κ1) is 59.0. The number of phenols is 1. The van der Waals surface area contributed by atoms with Crippen molar-refractivity contribution in [2.24, 2.45) is 17.6 Å². The molecule has 2 aliphatic heterocycles. The Hall–Kier alpha value is -8.70. The van der Waals surface area contributed by atoms with Gasteiger partial charge in [-0.05, 0) is 72.6 Å². The molecule has 4 aromatic rings. The van der Waals surface area contributed by atoms with Crippen molar-refractivity contribution >= 4 is 53.3 Å². The Morgan fingerprint density at radius 3 is 2.12 bits per heavy atom. The number of imide groups is 1. The number of alkyl carbamates (subject to hydrolysis) is 1. The number of unbranched alkanes of at least 4 members (excludes halogenated alkanes) is 2. The predicted octanol–water partition coefficient (Wildman–Crippen LogP) is 3.20. The fourth-order valence-corrected chi connectivity index (χ4v) is 10.5. The molecular formula is C57H68N8O15. The van der Waals surface area contributed by atoms with Crippen LogP contribution in [0.15, 0.2) is 103 Å². The van der Waals surface area contributed by atoms with Crippen molar-refractivity contribution in [3.63, 3.8) is 0 Å². The lowest BCUT2D eigenvalue weighted by atomic mass is 9.70. The van der Waals surface area contributed by atoms with Crippen molar-refractivity contribution in [3.05, 3.63) is 125 Å². The van der Waals surface area contributed by atoms with Crippen LogP contribution < -0.4 is 51.8 Å². The summed E-state index contributed by atoms with van der Waals surface area (Å²) in [5.41, 5.74) is 2.94. The molecule has 3 aliphatic rings. The minimum Gasteiger partial charge on any atom is -0.508 e. The number of amides is 9. The Kier molecular flexibility index (Phi) is 19.4. The highest BCUT2D eigenvalue weighted by molar-refractivity contribution is 6.12. The van der Waals surface area contributed by atoms with Gasteiger partial charge in [0.2, 0.25) is 23.6 Å². The molecule has 1 fully saturated rings. The number of methoxy groups -OCH3 is 2. The van der Waals surface area contributed by atoms with Gasteiger partial charge in [0, 0.05) is 68.5 Å². The fraction of sp³-hybridized carbons (Fsp3) is 0.404. The van der Waals surface area contributed by atoms with Crippen molar-refractivity contribution in [1.82, 2.24) is 31.5 Å². The molecule has 80 heavy (non-hydrogen) atoms. The summed E-state index contributed by atoms with van der Waals surface area (Å²) in [5, 5.41) is 52.2. The molecule has 11 N–H and O–H groups in total. The van der Waals surface area contributed by atoms with Gasteiger partial charge in [0.15, 0.2) is 11.2 Å². The zero-order valence-electron chi connectivity index (χ0n) is 44.8. The van der Waals surface area contributed by atoms with Crippen molar-refractivity contribution < 1.29 is 72.6 Å². The number of carbonyl (C=O) groups is 8. The lowest BCUT2D eigenvalue weighted by molar-refractivity contribution is -0.154. The number of anilines is 1. The number of nitrogens with one attached hydrogen (secondary N) is 6. The van der Waals surface area contributed by atoms with Crippen LogP contribution in [0, 0.1) is 11.8 Å². The largest absolute Gasteiger partial charge is 0.508 e. The number of hydrogen-bond acceptors (Lipinski definition) is 15. The standard InChI is InChI=1S/C57H68N8O15/c1-33(2)49(64-43(67)15-9-6-10-29-65-44(68)24-25-45(65)69)53(73)63-40(14-11-26-60-54(58)74)51(71)62-37-20-16-34(17-21-37)32-79-55(75)61-28-27-59-52(72)46-47(35-12-7-5-8-13-35)57(36-18-22-39(77-3)23-19-36)56(76,50(46)70)48-41(78-4)30-38(66)31-42(48)80-57/h5,7-8,12-13,16-25,30-31,33,40,46-47,49-50,66,70,76H,6,9-11,14-15,26-29,32H2,1-4H3,(H,59,72)(H,61,75)(H,62,71)(H,63,73)(H,64,67)(H3,58,60,74)/t40-,46+,47+,49-,50+,56-,57-/m0/s1. The van der Waals surface area contributed by atoms with E-state index in [-0.39, 0.29) is 98.5 Å². The molecule has 1 saturated carbocycles. The van der Waals surface area contributed by atoms with E-state index in [0.717, 1.165) is 4.90 Å². The van der Waals surface area contributed by atoms with Gasteiger partial charge >= 0.3 is 12.1 Å². The van der Waals surface area contributed by atoms with Gasteiger partial charge in [-0.3, -0.25) is 33.7 Å². The lowest BCUT2D eigenvalue weighted by Crippen LogP contribution is -2.54. The maximum Gasteiger partial charge on any atom is 0.407 e. The van der Waals surface area contributed by atoms with Gasteiger partial charge in [-0.1, -0.05) is 74.9 Å². The topological polar surface area (TPSA) is 336 Å². The third-order valence-electron chi connectivity index (χ3n) is 14.4. The van der Waals surface area contributed by atoms with E-state index in [1.165, 1.54) is 38.5 Å². The predicted molar refractivity (Wildman–Crippen MR) is 289 cm³/mol. The third kappa shape index (κ3) is 13.1. The zero-order chi connectivity index (χ0) is 57.7. The van der Waals surface area contributed by atoms with Crippen LogP contribution in [-0.2, 0) is 51.3 Å². The number of nitrogens with two attached hydrogens (primary N) is 1. The molecule has 23 heteroatoms. The molecule has 1 aliphatic carbocycles. The van der Waals surface area contributed by atoms with Gasteiger partial charge in [0.25, 0.3) is 11.8 Å². The van der Waals surface area contributed by atoms with E-state index in [9.17, 15) is 53.7 Å². The Labute approximate surface area is 461 Å². The summed E-state index contributed by atoms with van der Waals surface area (Å²) in [7, 11) is 2.85. The van der Waals surface area contributed by atoms with Crippen molar-refractivity contribution in [2.45, 2.75) is 94.3 Å². The van der Waals surface area contributed by atoms with Gasteiger partial charge in [-0.15, -0.1) is 0 Å². The van der Waals surface area contributed by atoms with Crippen molar-refractivity contribution in [2.75, 3.05) is 45.7 Å². The fourth-order valence-electron chi connectivity index (χ4n) is 10.5. The van der Waals surface area contributed by atoms with Crippen LogP contribution in [-0.4, -0.2) is 126 Å². The molecule has 7 rings (SSSR count). The maximum absolute atomic E-state index is 14.4. The van der Waals surface area contributed by atoms with Crippen LogP contribution in [0.1, 0.15) is 80.5 Å². The number of primary amides is 1. The summed E-state index contributed by atoms with van der Waals surface area (Å²) in [6.45, 7) is 3.46. The molecule has 4 aromatic carbocycles. The Balaban J connectivity index is 0.923. The second-order valence-electron chi connectivity index (χ2n) is 19.9. The Bertz CT molecular complexity index is 2920. The van der Waals surface area contributed by atoms with Crippen molar-refractivity contribution in [1.29, 1.82) is 0 Å².